The zero-order valence-electron chi connectivity index (χ0n) is 15.2. The fourth-order valence-electron chi connectivity index (χ4n) is 4.24. The highest BCUT2D eigenvalue weighted by Gasteiger charge is 2.33. The normalized spacial score (nSPS) is 19.2. The third kappa shape index (κ3) is 3.11. The van der Waals surface area contributed by atoms with Crippen molar-refractivity contribution in [3.05, 3.63) is 40.8 Å². The summed E-state index contributed by atoms with van der Waals surface area (Å²) in [6, 6.07) is 3.90. The first-order valence-corrected chi connectivity index (χ1v) is 9.32. The van der Waals surface area contributed by atoms with Gasteiger partial charge in [-0.25, -0.2) is 9.18 Å². The van der Waals surface area contributed by atoms with E-state index in [1.54, 1.807) is 4.68 Å². The quantitative estimate of drug-likeness (QED) is 0.900. The molecule has 27 heavy (non-hydrogen) atoms. The van der Waals surface area contributed by atoms with Gasteiger partial charge in [0, 0.05) is 49.3 Å². The first kappa shape index (κ1) is 17.7. The monoisotopic (exact) mass is 371 g/mol. The Morgan fingerprint density at radius 1 is 1.26 bits per heavy atom. The van der Waals surface area contributed by atoms with Gasteiger partial charge in [-0.1, -0.05) is 0 Å². The van der Waals surface area contributed by atoms with Crippen molar-refractivity contribution >= 4 is 11.9 Å². The second-order valence-electron chi connectivity index (χ2n) is 7.37. The molecule has 0 saturated carbocycles. The van der Waals surface area contributed by atoms with Crippen LogP contribution in [0.2, 0.25) is 0 Å². The van der Waals surface area contributed by atoms with E-state index in [1.807, 2.05) is 11.9 Å². The number of aryl methyl sites for hydroxylation is 1. The van der Waals surface area contributed by atoms with Crippen LogP contribution in [0.4, 0.5) is 4.39 Å². The molecule has 2 aliphatic rings. The highest BCUT2D eigenvalue weighted by molar-refractivity contribution is 5.88. The topological polar surface area (TPSA) is 75.4 Å². The molecule has 1 amide bonds. The molecule has 1 saturated heterocycles. The van der Waals surface area contributed by atoms with Gasteiger partial charge >= 0.3 is 5.97 Å². The van der Waals surface area contributed by atoms with Crippen LogP contribution in [0.25, 0.3) is 11.3 Å². The summed E-state index contributed by atoms with van der Waals surface area (Å²) in [5.74, 6) is -1.58. The number of aromatic nitrogens is 2. The van der Waals surface area contributed by atoms with Gasteiger partial charge in [0.05, 0.1) is 11.3 Å². The third-order valence-corrected chi connectivity index (χ3v) is 5.70. The van der Waals surface area contributed by atoms with Gasteiger partial charge in [0.1, 0.15) is 5.82 Å². The second-order valence-corrected chi connectivity index (χ2v) is 7.37. The molecule has 142 valence electrons. The molecule has 7 heteroatoms. The second kappa shape index (κ2) is 6.79. The molecule has 1 aliphatic heterocycles. The molecule has 0 spiro atoms. The number of hydrogen-bond donors (Lipinski definition) is 1. The zero-order chi connectivity index (χ0) is 19.1. The summed E-state index contributed by atoms with van der Waals surface area (Å²) in [5, 5.41) is 13.5. The SMILES string of the molecule is Cn1nc(-c2ccc(C(=O)O)cc2F)c2c1CC(C(=O)N1CCCC1)CC2. The molecule has 0 radical (unpaired) electrons. The highest BCUT2D eigenvalue weighted by Crippen LogP contribution is 2.35. The first-order valence-electron chi connectivity index (χ1n) is 9.32. The summed E-state index contributed by atoms with van der Waals surface area (Å²) in [5.41, 5.74) is 2.70. The summed E-state index contributed by atoms with van der Waals surface area (Å²) in [7, 11) is 1.81. The van der Waals surface area contributed by atoms with Gasteiger partial charge < -0.3 is 10.0 Å². The van der Waals surface area contributed by atoms with Crippen molar-refractivity contribution in [1.82, 2.24) is 14.7 Å². The Hall–Kier alpha value is -2.70. The number of benzene rings is 1. The maximum Gasteiger partial charge on any atom is 0.335 e. The molecule has 1 unspecified atom stereocenters. The Bertz CT molecular complexity index is 915. The van der Waals surface area contributed by atoms with Crippen LogP contribution in [0, 0.1) is 11.7 Å². The van der Waals surface area contributed by atoms with E-state index in [0.717, 1.165) is 49.7 Å². The molecule has 1 atom stereocenters. The number of rotatable bonds is 3. The Labute approximate surface area is 156 Å². The van der Waals surface area contributed by atoms with Crippen molar-refractivity contribution in [2.45, 2.75) is 32.1 Å². The number of halogens is 1. The Kier molecular flexibility index (Phi) is 4.45. The van der Waals surface area contributed by atoms with Crippen molar-refractivity contribution in [2.75, 3.05) is 13.1 Å². The number of likely N-dealkylation sites (tertiary alicyclic amines) is 1. The van der Waals surface area contributed by atoms with Crippen LogP contribution in [0.3, 0.4) is 0 Å². The number of nitrogens with zero attached hydrogens (tertiary/aromatic N) is 3. The van der Waals surface area contributed by atoms with Crippen molar-refractivity contribution < 1.29 is 19.1 Å². The van der Waals surface area contributed by atoms with Crippen LogP contribution in [-0.2, 0) is 24.7 Å². The zero-order valence-corrected chi connectivity index (χ0v) is 15.2. The lowest BCUT2D eigenvalue weighted by Crippen LogP contribution is -2.36. The standard InChI is InChI=1S/C20H22FN3O3/c1-23-17-11-12(19(25)24-8-2-3-9-24)4-7-15(17)18(22-23)14-6-5-13(20(26)27)10-16(14)21/h5-6,10,12H,2-4,7-9,11H2,1H3,(H,26,27). The molecule has 6 nitrogen and oxygen atoms in total. The minimum Gasteiger partial charge on any atom is -0.478 e. The van der Waals surface area contributed by atoms with Gasteiger partial charge in [-0.05, 0) is 43.9 Å². The largest absolute Gasteiger partial charge is 0.478 e. The predicted molar refractivity (Wildman–Crippen MR) is 96.9 cm³/mol. The third-order valence-electron chi connectivity index (χ3n) is 5.70. The van der Waals surface area contributed by atoms with Gasteiger partial charge in [-0.15, -0.1) is 0 Å². The van der Waals surface area contributed by atoms with Crippen LogP contribution in [0.1, 0.15) is 40.9 Å². The molecular weight excluding hydrogens is 349 g/mol. The van der Waals surface area contributed by atoms with Crippen LogP contribution in [-0.4, -0.2) is 44.8 Å². The maximum atomic E-state index is 14.5. The fraction of sp³-hybridized carbons (Fsp3) is 0.450. The van der Waals surface area contributed by atoms with E-state index in [-0.39, 0.29) is 17.4 Å². The summed E-state index contributed by atoms with van der Waals surface area (Å²) in [6.45, 7) is 1.69. The predicted octanol–water partition coefficient (Wildman–Crippen LogP) is 2.65. The summed E-state index contributed by atoms with van der Waals surface area (Å²) in [6.07, 6.45) is 4.16. The minimum absolute atomic E-state index is 0.0434. The lowest BCUT2D eigenvalue weighted by molar-refractivity contribution is -0.134. The molecular formula is C20H22FN3O3. The van der Waals surface area contributed by atoms with Crippen molar-refractivity contribution in [1.29, 1.82) is 0 Å². The lowest BCUT2D eigenvalue weighted by atomic mass is 9.85. The lowest BCUT2D eigenvalue weighted by Gasteiger charge is -2.26. The van der Waals surface area contributed by atoms with E-state index >= 15 is 0 Å². The smallest absolute Gasteiger partial charge is 0.335 e. The van der Waals surface area contributed by atoms with E-state index in [9.17, 15) is 14.0 Å². The first-order chi connectivity index (χ1) is 13.0. The molecule has 2 heterocycles. The van der Waals surface area contributed by atoms with Gasteiger partial charge in [-0.3, -0.25) is 9.48 Å². The minimum atomic E-state index is -1.16. The molecule has 4 rings (SSSR count). The number of hydrogen-bond acceptors (Lipinski definition) is 3. The number of amides is 1. The average Bonchev–Trinajstić information content (AvgIpc) is 3.29. The Morgan fingerprint density at radius 3 is 2.67 bits per heavy atom. The number of carboxylic acid groups (broad SMARTS) is 1. The number of fused-ring (bicyclic) bond motifs is 1. The number of aromatic carboxylic acids is 1. The Balaban J connectivity index is 1.63. The molecule has 1 aliphatic carbocycles. The molecule has 1 aromatic heterocycles. The van der Waals surface area contributed by atoms with E-state index in [2.05, 4.69) is 5.10 Å². The Morgan fingerprint density at radius 2 is 2.00 bits per heavy atom. The average molecular weight is 371 g/mol. The van der Waals surface area contributed by atoms with Gasteiger partial charge in [0.25, 0.3) is 0 Å². The summed E-state index contributed by atoms with van der Waals surface area (Å²) in [4.78, 5) is 25.7. The molecule has 0 bridgehead atoms. The summed E-state index contributed by atoms with van der Waals surface area (Å²) < 4.78 is 16.2. The number of carbonyl (C=O) groups excluding carboxylic acids is 1. The summed E-state index contributed by atoms with van der Waals surface area (Å²) >= 11 is 0. The van der Waals surface area contributed by atoms with Gasteiger partial charge in [0.15, 0.2) is 0 Å². The van der Waals surface area contributed by atoms with Crippen molar-refractivity contribution in [3.63, 3.8) is 0 Å². The number of carbonyl (C=O) groups is 2. The van der Waals surface area contributed by atoms with Gasteiger partial charge in [0.2, 0.25) is 5.91 Å². The van der Waals surface area contributed by atoms with Crippen molar-refractivity contribution in [3.8, 4) is 11.3 Å². The van der Waals surface area contributed by atoms with Crippen LogP contribution in [0.15, 0.2) is 18.2 Å². The molecule has 1 fully saturated rings. The van der Waals surface area contributed by atoms with Crippen molar-refractivity contribution in [2.24, 2.45) is 13.0 Å². The maximum absolute atomic E-state index is 14.5. The molecule has 2 aromatic rings. The number of carboxylic acids is 1. The highest BCUT2D eigenvalue weighted by atomic mass is 19.1. The fourth-order valence-corrected chi connectivity index (χ4v) is 4.24. The van der Waals surface area contributed by atoms with E-state index in [4.69, 9.17) is 5.11 Å². The van der Waals surface area contributed by atoms with Gasteiger partial charge in [-0.2, -0.15) is 5.10 Å². The van der Waals surface area contributed by atoms with Crippen LogP contribution >= 0.6 is 0 Å². The van der Waals surface area contributed by atoms with Crippen LogP contribution < -0.4 is 0 Å². The van der Waals surface area contributed by atoms with E-state index < -0.39 is 11.8 Å². The molecule has 1 aromatic carbocycles. The molecule has 1 N–H and O–H groups in total. The van der Waals surface area contributed by atoms with Crippen LogP contribution in [0.5, 0.6) is 0 Å². The van der Waals surface area contributed by atoms with E-state index in [1.165, 1.54) is 12.1 Å². The van der Waals surface area contributed by atoms with E-state index in [0.29, 0.717) is 24.1 Å².